The average molecular weight is 587 g/mol. The summed E-state index contributed by atoms with van der Waals surface area (Å²) in [5, 5.41) is 25.5. The minimum Gasteiger partial charge on any atom is -0.312 e. The Kier molecular flexibility index (Phi) is 8.30. The van der Waals surface area contributed by atoms with Gasteiger partial charge in [-0.2, -0.15) is 10.1 Å². The number of piperazine rings is 2. The van der Waals surface area contributed by atoms with E-state index >= 15 is 0 Å². The number of hydroxylamine groups is 4. The molecule has 42 heavy (non-hydrogen) atoms. The fraction of sp³-hybridized carbons (Fsp3) is 0.875. The predicted molar refractivity (Wildman–Crippen MR) is 153 cm³/mol. The zero-order chi connectivity index (χ0) is 29.6. The quantitative estimate of drug-likeness (QED) is 0.351. The Bertz CT molecular complexity index is 909. The first kappa shape index (κ1) is 30.2. The molecule has 0 unspecified atom stereocenters. The van der Waals surface area contributed by atoms with Crippen LogP contribution in [-0.2, 0) is 19.2 Å². The largest absolute Gasteiger partial charge is 0.312 e. The Morgan fingerprint density at radius 1 is 0.405 bits per heavy atom. The highest BCUT2D eigenvalue weighted by molar-refractivity contribution is 6.07. The Labute approximate surface area is 249 Å². The molecule has 4 saturated carbocycles. The SMILES string of the molecule is O=C1N(CCCCN2C(=O)C3(CCCCC3)N(O)C3(CCCCC3)C2=O)C(=O)C2(CCCCC2)N(O)C12CCCCC2. The van der Waals surface area contributed by atoms with Gasteiger partial charge in [-0.05, 0) is 64.2 Å². The summed E-state index contributed by atoms with van der Waals surface area (Å²) in [5.74, 6) is -1.13. The van der Waals surface area contributed by atoms with Gasteiger partial charge in [-0.1, -0.05) is 77.0 Å². The molecule has 0 atom stereocenters. The maximum atomic E-state index is 13.9. The van der Waals surface area contributed by atoms with Crippen molar-refractivity contribution in [1.82, 2.24) is 19.9 Å². The summed E-state index contributed by atoms with van der Waals surface area (Å²) in [4.78, 5) is 58.6. The molecule has 4 amide bonds. The number of hydrogen-bond donors (Lipinski definition) is 2. The number of nitrogens with zero attached hydrogens (tertiary/aromatic N) is 4. The summed E-state index contributed by atoms with van der Waals surface area (Å²) in [6.07, 6.45) is 16.4. The molecule has 2 heterocycles. The van der Waals surface area contributed by atoms with Gasteiger partial charge in [0.2, 0.25) is 0 Å². The summed E-state index contributed by atoms with van der Waals surface area (Å²) in [6, 6.07) is 0. The minimum absolute atomic E-state index is 0.230. The maximum Gasteiger partial charge on any atom is 0.252 e. The van der Waals surface area contributed by atoms with Gasteiger partial charge in [0, 0.05) is 13.1 Å². The molecule has 0 bridgehead atoms. The van der Waals surface area contributed by atoms with E-state index in [0.717, 1.165) is 77.0 Å². The van der Waals surface area contributed by atoms with Crippen molar-refractivity contribution in [2.75, 3.05) is 13.1 Å². The smallest absolute Gasteiger partial charge is 0.252 e. The van der Waals surface area contributed by atoms with Crippen LogP contribution in [0.5, 0.6) is 0 Å². The minimum atomic E-state index is -1.03. The number of hydrogen-bond acceptors (Lipinski definition) is 8. The van der Waals surface area contributed by atoms with Crippen LogP contribution in [0.3, 0.4) is 0 Å². The molecular weight excluding hydrogens is 536 g/mol. The molecule has 10 heteroatoms. The van der Waals surface area contributed by atoms with Crippen LogP contribution in [-0.4, -0.2) is 89.2 Å². The molecule has 6 rings (SSSR count). The lowest BCUT2D eigenvalue weighted by molar-refractivity contribution is -0.268. The molecule has 0 aromatic heterocycles. The second-order valence-electron chi connectivity index (χ2n) is 14.2. The lowest BCUT2D eigenvalue weighted by atomic mass is 9.70. The molecule has 10 nitrogen and oxygen atoms in total. The van der Waals surface area contributed by atoms with Gasteiger partial charge in [-0.15, -0.1) is 0 Å². The van der Waals surface area contributed by atoms with Gasteiger partial charge < -0.3 is 10.4 Å². The van der Waals surface area contributed by atoms with E-state index in [1.807, 2.05) is 0 Å². The summed E-state index contributed by atoms with van der Waals surface area (Å²) in [5.41, 5.74) is -4.14. The second kappa shape index (κ2) is 11.6. The first-order valence-corrected chi connectivity index (χ1v) is 17.0. The van der Waals surface area contributed by atoms with E-state index in [0.29, 0.717) is 64.2 Å². The first-order valence-electron chi connectivity index (χ1n) is 17.0. The van der Waals surface area contributed by atoms with Crippen LogP contribution in [0.15, 0.2) is 0 Å². The van der Waals surface area contributed by atoms with Crippen molar-refractivity contribution in [3.63, 3.8) is 0 Å². The van der Waals surface area contributed by atoms with Crippen molar-refractivity contribution in [2.24, 2.45) is 0 Å². The van der Waals surface area contributed by atoms with E-state index in [-0.39, 0.29) is 36.7 Å². The van der Waals surface area contributed by atoms with Crippen LogP contribution in [0.2, 0.25) is 0 Å². The van der Waals surface area contributed by atoms with Crippen LogP contribution in [0.1, 0.15) is 141 Å². The van der Waals surface area contributed by atoms with E-state index in [1.165, 1.54) is 19.9 Å². The Morgan fingerprint density at radius 2 is 0.619 bits per heavy atom. The molecule has 4 spiro atoms. The Hall–Kier alpha value is -1.88. The summed E-state index contributed by atoms with van der Waals surface area (Å²) in [6.45, 7) is 0.460. The van der Waals surface area contributed by atoms with Gasteiger partial charge in [0.1, 0.15) is 22.2 Å². The number of carbonyl (C=O) groups excluding carboxylic acids is 4. The molecule has 6 fully saturated rings. The van der Waals surface area contributed by atoms with Gasteiger partial charge in [0.25, 0.3) is 23.6 Å². The van der Waals surface area contributed by atoms with E-state index in [9.17, 15) is 29.6 Å². The normalized spacial score (nSPS) is 29.8. The maximum absolute atomic E-state index is 13.9. The molecule has 2 aliphatic heterocycles. The molecule has 4 aliphatic carbocycles. The van der Waals surface area contributed by atoms with E-state index in [1.54, 1.807) is 0 Å². The summed E-state index contributed by atoms with van der Waals surface area (Å²) < 4.78 is 0. The standard InChI is InChI=1S/C32H50N4O6/c37-25-29(15-5-1-6-16-29)35(41)30(17-7-2-8-18-30)26(38)33(25)23-13-14-24-34-27(39)31(19-9-3-10-20-31)36(42)32(28(34)40)21-11-4-12-22-32/h41-42H,1-24H2. The van der Waals surface area contributed by atoms with Gasteiger partial charge in [-0.3, -0.25) is 29.0 Å². The second-order valence-corrected chi connectivity index (χ2v) is 14.2. The predicted octanol–water partition coefficient (Wildman–Crippen LogP) is 4.70. The zero-order valence-electron chi connectivity index (χ0n) is 25.3. The van der Waals surface area contributed by atoms with Crippen LogP contribution in [0.4, 0.5) is 0 Å². The third-order valence-corrected chi connectivity index (χ3v) is 11.9. The lowest BCUT2D eigenvalue weighted by Gasteiger charge is -2.57. The third kappa shape index (κ3) is 4.41. The number of carbonyl (C=O) groups is 4. The van der Waals surface area contributed by atoms with Crippen molar-refractivity contribution in [3.8, 4) is 0 Å². The van der Waals surface area contributed by atoms with Crippen molar-refractivity contribution < 1.29 is 29.6 Å². The molecule has 0 aromatic carbocycles. The number of unbranched alkanes of at least 4 members (excludes halogenated alkanes) is 1. The summed E-state index contributed by atoms with van der Waals surface area (Å²) >= 11 is 0. The van der Waals surface area contributed by atoms with Crippen molar-refractivity contribution in [3.05, 3.63) is 0 Å². The summed E-state index contributed by atoms with van der Waals surface area (Å²) in [7, 11) is 0. The molecule has 0 aromatic rings. The third-order valence-electron chi connectivity index (χ3n) is 11.9. The fourth-order valence-corrected chi connectivity index (χ4v) is 9.57. The molecule has 2 N–H and O–H groups in total. The molecule has 234 valence electrons. The van der Waals surface area contributed by atoms with Crippen molar-refractivity contribution in [2.45, 2.75) is 163 Å². The highest BCUT2D eigenvalue weighted by atomic mass is 16.5. The number of imide groups is 2. The number of amides is 4. The van der Waals surface area contributed by atoms with Crippen molar-refractivity contribution >= 4 is 23.6 Å². The molecule has 2 saturated heterocycles. The van der Waals surface area contributed by atoms with Gasteiger partial charge in [-0.25, -0.2) is 0 Å². The van der Waals surface area contributed by atoms with Gasteiger partial charge in [0.05, 0.1) is 0 Å². The van der Waals surface area contributed by atoms with E-state index in [4.69, 9.17) is 0 Å². The molecule has 6 aliphatic rings. The highest BCUT2D eigenvalue weighted by Gasteiger charge is 2.65. The topological polar surface area (TPSA) is 122 Å². The zero-order valence-corrected chi connectivity index (χ0v) is 25.3. The van der Waals surface area contributed by atoms with Gasteiger partial charge >= 0.3 is 0 Å². The fourth-order valence-electron chi connectivity index (χ4n) is 9.57. The van der Waals surface area contributed by atoms with Crippen LogP contribution in [0.25, 0.3) is 0 Å². The highest BCUT2D eigenvalue weighted by Crippen LogP contribution is 2.49. The Balaban J connectivity index is 1.19. The number of rotatable bonds is 5. The molecular formula is C32H50N4O6. The lowest BCUT2D eigenvalue weighted by Crippen LogP contribution is -2.77. The van der Waals surface area contributed by atoms with Crippen LogP contribution in [0, 0.1) is 0 Å². The van der Waals surface area contributed by atoms with E-state index < -0.39 is 22.2 Å². The average Bonchev–Trinajstić information content (AvgIpc) is 3.04. The first-order chi connectivity index (χ1) is 20.3. The van der Waals surface area contributed by atoms with Gasteiger partial charge in [0.15, 0.2) is 0 Å². The van der Waals surface area contributed by atoms with Crippen LogP contribution < -0.4 is 0 Å². The molecule has 0 radical (unpaired) electrons. The van der Waals surface area contributed by atoms with E-state index in [2.05, 4.69) is 0 Å². The van der Waals surface area contributed by atoms with Crippen LogP contribution >= 0.6 is 0 Å². The Morgan fingerprint density at radius 3 is 0.833 bits per heavy atom. The monoisotopic (exact) mass is 586 g/mol. The van der Waals surface area contributed by atoms with Crippen molar-refractivity contribution in [1.29, 1.82) is 0 Å².